The third-order valence-electron chi connectivity index (χ3n) is 8.58. The molecule has 1 amide bonds. The molecular formula is C37H57N3O4. The van der Waals surface area contributed by atoms with E-state index < -0.39 is 0 Å². The van der Waals surface area contributed by atoms with Gasteiger partial charge in [-0.15, -0.1) is 0 Å². The molecule has 0 saturated heterocycles. The number of unbranched alkanes of at least 4 members (excludes halogenated alkanes) is 15. The van der Waals surface area contributed by atoms with Crippen LogP contribution in [0.4, 0.5) is 0 Å². The smallest absolute Gasteiger partial charge is 0.252 e. The van der Waals surface area contributed by atoms with Crippen LogP contribution >= 0.6 is 0 Å². The fourth-order valence-electron chi connectivity index (χ4n) is 6.03. The number of para-hydroxylation sites is 2. The molecule has 244 valence electrons. The summed E-state index contributed by atoms with van der Waals surface area (Å²) in [5.41, 5.74) is 2.50. The van der Waals surface area contributed by atoms with Gasteiger partial charge in [0.05, 0.1) is 38.4 Å². The minimum Gasteiger partial charge on any atom is -0.493 e. The van der Waals surface area contributed by atoms with Gasteiger partial charge in [0.15, 0.2) is 11.5 Å². The standard InChI is InChI=1S/C37H57N3O4/c1-6-7-8-9-10-11-12-13-14-15-16-17-18-19-20-23-26-40-32-25-22-21-24-31(32)39-36(40)29(2)38-37(41)30-27-33(42-3)35(44-5)34(28-30)43-4/h21-22,24-25,27-29H,6-20,23,26H2,1-5H3,(H,38,41). The Kier molecular flexibility index (Phi) is 16.0. The number of nitrogens with zero attached hydrogens (tertiary/aromatic N) is 2. The Labute approximate surface area is 266 Å². The number of nitrogens with one attached hydrogen (secondary N) is 1. The minimum atomic E-state index is -0.282. The molecule has 7 nitrogen and oxygen atoms in total. The van der Waals surface area contributed by atoms with Gasteiger partial charge in [-0.2, -0.15) is 0 Å². The predicted molar refractivity (Wildman–Crippen MR) is 181 cm³/mol. The summed E-state index contributed by atoms with van der Waals surface area (Å²) >= 11 is 0. The molecule has 0 aliphatic heterocycles. The summed E-state index contributed by atoms with van der Waals surface area (Å²) in [5.74, 6) is 1.99. The highest BCUT2D eigenvalue weighted by molar-refractivity contribution is 5.96. The number of rotatable bonds is 23. The zero-order chi connectivity index (χ0) is 31.6. The Hall–Kier alpha value is -3.22. The highest BCUT2D eigenvalue weighted by Gasteiger charge is 2.21. The molecule has 0 aliphatic carbocycles. The van der Waals surface area contributed by atoms with Gasteiger partial charge in [-0.1, -0.05) is 115 Å². The number of carbonyl (C=O) groups is 1. The molecule has 1 heterocycles. The zero-order valence-electron chi connectivity index (χ0n) is 28.1. The van der Waals surface area contributed by atoms with Gasteiger partial charge in [-0.3, -0.25) is 4.79 Å². The van der Waals surface area contributed by atoms with E-state index in [9.17, 15) is 4.79 Å². The van der Waals surface area contributed by atoms with Gasteiger partial charge in [0, 0.05) is 12.1 Å². The van der Waals surface area contributed by atoms with Crippen LogP contribution in [0.25, 0.3) is 11.0 Å². The fraction of sp³-hybridized carbons (Fsp3) is 0.622. The predicted octanol–water partition coefficient (Wildman–Crippen LogP) is 9.81. The Balaban J connectivity index is 1.44. The molecule has 0 spiro atoms. The molecule has 2 aromatic carbocycles. The zero-order valence-corrected chi connectivity index (χ0v) is 28.1. The second-order valence-electron chi connectivity index (χ2n) is 12.0. The van der Waals surface area contributed by atoms with Crippen molar-refractivity contribution in [2.75, 3.05) is 21.3 Å². The molecule has 0 fully saturated rings. The van der Waals surface area contributed by atoms with Gasteiger partial charge in [0.25, 0.3) is 5.91 Å². The molecule has 1 atom stereocenters. The number of methoxy groups -OCH3 is 3. The third kappa shape index (κ3) is 10.7. The number of aryl methyl sites for hydroxylation is 1. The molecule has 3 rings (SSSR count). The lowest BCUT2D eigenvalue weighted by Gasteiger charge is -2.18. The Bertz CT molecular complexity index is 1230. The summed E-state index contributed by atoms with van der Waals surface area (Å²) in [7, 11) is 4.64. The summed E-state index contributed by atoms with van der Waals surface area (Å²) in [6.07, 6.45) is 21.7. The summed E-state index contributed by atoms with van der Waals surface area (Å²) in [4.78, 5) is 18.2. The number of benzene rings is 2. The number of carbonyl (C=O) groups excluding carboxylic acids is 1. The second kappa shape index (κ2) is 19.9. The molecule has 3 aromatic rings. The lowest BCUT2D eigenvalue weighted by Crippen LogP contribution is -2.29. The van der Waals surface area contributed by atoms with Gasteiger partial charge in [0.1, 0.15) is 5.82 Å². The summed E-state index contributed by atoms with van der Waals surface area (Å²) in [6, 6.07) is 11.3. The van der Waals surface area contributed by atoms with E-state index in [0.717, 1.165) is 29.8 Å². The first-order valence-corrected chi connectivity index (χ1v) is 17.1. The van der Waals surface area contributed by atoms with E-state index in [2.05, 4.69) is 28.9 Å². The molecule has 0 saturated carbocycles. The molecule has 1 unspecified atom stereocenters. The molecule has 1 aromatic heterocycles. The lowest BCUT2D eigenvalue weighted by molar-refractivity contribution is 0.0936. The van der Waals surface area contributed by atoms with Crippen molar-refractivity contribution in [3.8, 4) is 17.2 Å². The number of amides is 1. The number of hydrogen-bond acceptors (Lipinski definition) is 5. The van der Waals surface area contributed by atoms with Crippen molar-refractivity contribution in [2.24, 2.45) is 0 Å². The van der Waals surface area contributed by atoms with E-state index in [0.29, 0.717) is 22.8 Å². The SMILES string of the molecule is CCCCCCCCCCCCCCCCCCn1c(C(C)NC(=O)c2cc(OC)c(OC)c(OC)c2)nc2ccccc21. The van der Waals surface area contributed by atoms with Crippen molar-refractivity contribution >= 4 is 16.9 Å². The number of ether oxygens (including phenoxy) is 3. The van der Waals surface area contributed by atoms with Crippen molar-refractivity contribution in [1.29, 1.82) is 0 Å². The Morgan fingerprint density at radius 1 is 0.750 bits per heavy atom. The summed E-state index contributed by atoms with van der Waals surface area (Å²) < 4.78 is 18.6. The monoisotopic (exact) mass is 607 g/mol. The first kappa shape index (κ1) is 35.3. The maximum absolute atomic E-state index is 13.3. The molecule has 44 heavy (non-hydrogen) atoms. The number of fused-ring (bicyclic) bond motifs is 1. The normalized spacial score (nSPS) is 11.9. The van der Waals surface area contributed by atoms with E-state index in [1.165, 1.54) is 96.3 Å². The third-order valence-corrected chi connectivity index (χ3v) is 8.58. The van der Waals surface area contributed by atoms with Gasteiger partial charge in [0.2, 0.25) is 5.75 Å². The van der Waals surface area contributed by atoms with Crippen molar-refractivity contribution in [3.05, 3.63) is 47.8 Å². The molecular weight excluding hydrogens is 550 g/mol. The van der Waals surface area contributed by atoms with Crippen LogP contribution in [0, 0.1) is 0 Å². The van der Waals surface area contributed by atoms with Crippen molar-refractivity contribution < 1.29 is 19.0 Å². The van der Waals surface area contributed by atoms with Gasteiger partial charge in [-0.05, 0) is 37.6 Å². The number of hydrogen-bond donors (Lipinski definition) is 1. The van der Waals surface area contributed by atoms with Crippen LogP contribution in [-0.4, -0.2) is 36.8 Å². The van der Waals surface area contributed by atoms with E-state index in [1.807, 2.05) is 19.1 Å². The first-order valence-electron chi connectivity index (χ1n) is 17.1. The number of imidazole rings is 1. The van der Waals surface area contributed by atoms with Crippen molar-refractivity contribution in [2.45, 2.75) is 129 Å². The minimum absolute atomic E-state index is 0.224. The first-order chi connectivity index (χ1) is 21.5. The van der Waals surface area contributed by atoms with Gasteiger partial charge in [-0.25, -0.2) is 4.98 Å². The number of aromatic nitrogens is 2. The maximum atomic E-state index is 13.3. The average molecular weight is 608 g/mol. The van der Waals surface area contributed by atoms with Crippen LogP contribution in [0.3, 0.4) is 0 Å². The topological polar surface area (TPSA) is 74.6 Å². The Morgan fingerprint density at radius 2 is 1.25 bits per heavy atom. The molecule has 0 bridgehead atoms. The van der Waals surface area contributed by atoms with Crippen LogP contribution < -0.4 is 19.5 Å². The van der Waals surface area contributed by atoms with Crippen molar-refractivity contribution in [1.82, 2.24) is 14.9 Å². The lowest BCUT2D eigenvalue weighted by atomic mass is 10.0. The van der Waals surface area contributed by atoms with Gasteiger partial charge < -0.3 is 24.1 Å². The van der Waals surface area contributed by atoms with Crippen LogP contribution in [0.15, 0.2) is 36.4 Å². The molecule has 0 radical (unpaired) electrons. The molecule has 7 heteroatoms. The van der Waals surface area contributed by atoms with Crippen LogP contribution in [0.2, 0.25) is 0 Å². The van der Waals surface area contributed by atoms with Crippen LogP contribution in [-0.2, 0) is 6.54 Å². The quantitative estimate of drug-likeness (QED) is 0.109. The summed E-state index contributed by atoms with van der Waals surface area (Å²) in [6.45, 7) is 5.16. The second-order valence-corrected chi connectivity index (χ2v) is 12.0. The highest BCUT2D eigenvalue weighted by atomic mass is 16.5. The Morgan fingerprint density at radius 3 is 1.75 bits per heavy atom. The van der Waals surface area contributed by atoms with E-state index in [1.54, 1.807) is 33.5 Å². The summed E-state index contributed by atoms with van der Waals surface area (Å²) in [5, 5.41) is 3.14. The average Bonchev–Trinajstić information content (AvgIpc) is 3.42. The van der Waals surface area contributed by atoms with Crippen LogP contribution in [0.5, 0.6) is 17.2 Å². The van der Waals surface area contributed by atoms with Crippen molar-refractivity contribution in [3.63, 3.8) is 0 Å². The van der Waals surface area contributed by atoms with Crippen LogP contribution in [0.1, 0.15) is 139 Å². The maximum Gasteiger partial charge on any atom is 0.252 e. The molecule has 1 N–H and O–H groups in total. The van der Waals surface area contributed by atoms with Gasteiger partial charge >= 0.3 is 0 Å². The van der Waals surface area contributed by atoms with E-state index >= 15 is 0 Å². The van der Waals surface area contributed by atoms with E-state index in [-0.39, 0.29) is 11.9 Å². The molecule has 0 aliphatic rings. The van der Waals surface area contributed by atoms with E-state index in [4.69, 9.17) is 19.2 Å². The fourth-order valence-corrected chi connectivity index (χ4v) is 6.03. The largest absolute Gasteiger partial charge is 0.493 e. The highest BCUT2D eigenvalue weighted by Crippen LogP contribution is 2.38.